The van der Waals surface area contributed by atoms with Gasteiger partial charge in [-0.25, -0.2) is 0 Å². The first-order chi connectivity index (χ1) is 10.4. The first-order valence-corrected chi connectivity index (χ1v) is 8.37. The van der Waals surface area contributed by atoms with Crippen molar-refractivity contribution in [3.8, 4) is 0 Å². The molecule has 0 saturated heterocycles. The Morgan fingerprint density at radius 3 is 2.59 bits per heavy atom. The van der Waals surface area contributed by atoms with Gasteiger partial charge < -0.3 is 5.32 Å². The second-order valence-electron chi connectivity index (χ2n) is 6.15. The molecule has 2 aromatic rings. The van der Waals surface area contributed by atoms with Gasteiger partial charge in [-0.1, -0.05) is 45.0 Å². The number of hydrogen-bond donors (Lipinski definition) is 1. The maximum atomic E-state index is 11.9. The van der Waals surface area contributed by atoms with E-state index in [-0.39, 0.29) is 10.7 Å². The number of thioether (sulfide) groups is 1. The van der Waals surface area contributed by atoms with E-state index in [4.69, 9.17) is 0 Å². The molecule has 0 bridgehead atoms. The topological polar surface area (TPSA) is 46.9 Å². The molecule has 0 unspecified atom stereocenters. The Morgan fingerprint density at radius 1 is 1.23 bits per heavy atom. The first kappa shape index (κ1) is 16.6. The molecule has 5 heteroatoms. The van der Waals surface area contributed by atoms with Gasteiger partial charge in [-0.15, -0.1) is 11.8 Å². The van der Waals surface area contributed by atoms with Crippen molar-refractivity contribution in [1.29, 1.82) is 0 Å². The molecule has 0 aliphatic rings. The van der Waals surface area contributed by atoms with Crippen LogP contribution in [0.15, 0.2) is 42.7 Å². The molecule has 22 heavy (non-hydrogen) atoms. The second-order valence-corrected chi connectivity index (χ2v) is 7.95. The smallest absolute Gasteiger partial charge is 0.230 e. The van der Waals surface area contributed by atoms with Crippen molar-refractivity contribution >= 4 is 17.7 Å². The molecule has 0 radical (unpaired) electrons. The predicted octanol–water partition coefficient (Wildman–Crippen LogP) is 3.08. The third-order valence-electron chi connectivity index (χ3n) is 3.12. The summed E-state index contributed by atoms with van der Waals surface area (Å²) in [5.74, 6) is 0.569. The minimum Gasteiger partial charge on any atom is -0.351 e. The fourth-order valence-electron chi connectivity index (χ4n) is 1.98. The summed E-state index contributed by atoms with van der Waals surface area (Å²) in [6, 6.07) is 10.1. The number of benzene rings is 1. The van der Waals surface area contributed by atoms with Crippen LogP contribution in [0.3, 0.4) is 0 Å². The van der Waals surface area contributed by atoms with Crippen molar-refractivity contribution in [3.05, 3.63) is 53.9 Å². The van der Waals surface area contributed by atoms with Crippen LogP contribution in [0.4, 0.5) is 0 Å². The van der Waals surface area contributed by atoms with Crippen LogP contribution >= 0.6 is 11.8 Å². The lowest BCUT2D eigenvalue weighted by atomic mass is 10.1. The van der Waals surface area contributed by atoms with Crippen LogP contribution in [0.1, 0.15) is 31.9 Å². The normalized spacial score (nSPS) is 11.4. The number of rotatable bonds is 6. The number of aromatic nitrogens is 2. The Bertz CT molecular complexity index is 603. The zero-order valence-corrected chi connectivity index (χ0v) is 14.2. The van der Waals surface area contributed by atoms with Crippen LogP contribution in [-0.4, -0.2) is 26.2 Å². The second kappa shape index (κ2) is 7.49. The van der Waals surface area contributed by atoms with Crippen molar-refractivity contribution in [2.75, 3.05) is 5.75 Å². The molecule has 1 N–H and O–H groups in total. The minimum absolute atomic E-state index is 0.0776. The van der Waals surface area contributed by atoms with Gasteiger partial charge in [-0.2, -0.15) is 5.10 Å². The Hall–Kier alpha value is -1.75. The van der Waals surface area contributed by atoms with Crippen molar-refractivity contribution in [3.63, 3.8) is 0 Å². The lowest BCUT2D eigenvalue weighted by Crippen LogP contribution is -2.27. The third kappa shape index (κ3) is 5.56. The molecular weight excluding hydrogens is 294 g/mol. The lowest BCUT2D eigenvalue weighted by Gasteiger charge is -2.17. The third-order valence-corrected chi connectivity index (χ3v) is 4.39. The van der Waals surface area contributed by atoms with E-state index in [0.717, 1.165) is 12.1 Å². The fraction of sp³-hybridized carbons (Fsp3) is 0.412. The van der Waals surface area contributed by atoms with Crippen LogP contribution < -0.4 is 5.32 Å². The van der Waals surface area contributed by atoms with Crippen molar-refractivity contribution < 1.29 is 4.79 Å². The molecule has 1 aromatic heterocycles. The van der Waals surface area contributed by atoms with E-state index in [2.05, 4.69) is 43.3 Å². The summed E-state index contributed by atoms with van der Waals surface area (Å²) < 4.78 is 1.99. The standard InChI is InChI=1S/C17H23N3OS/c1-17(2,3)22-13-16(21)18-11-14-7-4-5-8-15(14)12-20-10-6-9-19-20/h4-10H,11-13H2,1-3H3,(H,18,21). The van der Waals surface area contributed by atoms with Gasteiger partial charge in [0.05, 0.1) is 12.3 Å². The van der Waals surface area contributed by atoms with E-state index in [0.29, 0.717) is 12.3 Å². The molecular formula is C17H23N3OS. The van der Waals surface area contributed by atoms with E-state index in [1.54, 1.807) is 18.0 Å². The van der Waals surface area contributed by atoms with Gasteiger partial charge in [0, 0.05) is 23.7 Å². The first-order valence-electron chi connectivity index (χ1n) is 7.39. The number of carbonyl (C=O) groups is 1. The molecule has 0 aliphatic heterocycles. The van der Waals surface area contributed by atoms with Crippen molar-refractivity contribution in [2.24, 2.45) is 0 Å². The molecule has 0 atom stereocenters. The lowest BCUT2D eigenvalue weighted by molar-refractivity contribution is -0.118. The highest BCUT2D eigenvalue weighted by Gasteiger charge is 2.13. The van der Waals surface area contributed by atoms with Gasteiger partial charge in [-0.05, 0) is 17.2 Å². The molecule has 0 saturated carbocycles. The molecule has 0 aliphatic carbocycles. The SMILES string of the molecule is CC(C)(C)SCC(=O)NCc1ccccc1Cn1cccn1. The predicted molar refractivity (Wildman–Crippen MR) is 91.8 cm³/mol. The van der Waals surface area contributed by atoms with Gasteiger partial charge in [-0.3, -0.25) is 9.48 Å². The number of carbonyl (C=O) groups excluding carboxylic acids is 1. The van der Waals surface area contributed by atoms with Crippen LogP contribution in [0, 0.1) is 0 Å². The van der Waals surface area contributed by atoms with Gasteiger partial charge in [0.15, 0.2) is 0 Å². The molecule has 118 valence electrons. The Balaban J connectivity index is 1.91. The summed E-state index contributed by atoms with van der Waals surface area (Å²) >= 11 is 1.66. The molecule has 4 nitrogen and oxygen atoms in total. The highest BCUT2D eigenvalue weighted by molar-refractivity contribution is 8.01. The fourth-order valence-corrected chi connectivity index (χ4v) is 2.65. The summed E-state index contributed by atoms with van der Waals surface area (Å²) in [5.41, 5.74) is 2.31. The van der Waals surface area contributed by atoms with Crippen LogP contribution in [0.2, 0.25) is 0 Å². The van der Waals surface area contributed by atoms with E-state index in [9.17, 15) is 4.79 Å². The summed E-state index contributed by atoms with van der Waals surface area (Å²) in [5, 5.41) is 7.23. The average Bonchev–Trinajstić information content (AvgIpc) is 2.96. The van der Waals surface area contributed by atoms with Crippen molar-refractivity contribution in [2.45, 2.75) is 38.6 Å². The summed E-state index contributed by atoms with van der Waals surface area (Å²) in [6.45, 7) is 7.62. The molecule has 1 amide bonds. The highest BCUT2D eigenvalue weighted by Crippen LogP contribution is 2.22. The maximum Gasteiger partial charge on any atom is 0.230 e. The zero-order chi connectivity index (χ0) is 16.0. The van der Waals surface area contributed by atoms with E-state index in [1.807, 2.05) is 29.1 Å². The van der Waals surface area contributed by atoms with Crippen LogP contribution in [-0.2, 0) is 17.9 Å². The monoisotopic (exact) mass is 317 g/mol. The number of amides is 1. The van der Waals surface area contributed by atoms with Crippen molar-refractivity contribution in [1.82, 2.24) is 15.1 Å². The Labute approximate surface area is 136 Å². The summed E-state index contributed by atoms with van der Waals surface area (Å²) in [6.07, 6.45) is 3.71. The Kier molecular flexibility index (Phi) is 5.66. The zero-order valence-electron chi connectivity index (χ0n) is 13.4. The minimum atomic E-state index is 0.0776. The number of nitrogens with zero attached hydrogens (tertiary/aromatic N) is 2. The average molecular weight is 317 g/mol. The highest BCUT2D eigenvalue weighted by atomic mass is 32.2. The largest absolute Gasteiger partial charge is 0.351 e. The molecule has 1 aromatic carbocycles. The van der Waals surface area contributed by atoms with Gasteiger partial charge in [0.25, 0.3) is 0 Å². The van der Waals surface area contributed by atoms with Gasteiger partial charge in [0.1, 0.15) is 0 Å². The van der Waals surface area contributed by atoms with E-state index < -0.39 is 0 Å². The van der Waals surface area contributed by atoms with E-state index in [1.165, 1.54) is 5.56 Å². The van der Waals surface area contributed by atoms with Gasteiger partial charge in [0.2, 0.25) is 5.91 Å². The summed E-state index contributed by atoms with van der Waals surface area (Å²) in [7, 11) is 0. The Morgan fingerprint density at radius 2 is 1.95 bits per heavy atom. The van der Waals surface area contributed by atoms with Gasteiger partial charge >= 0.3 is 0 Å². The quantitative estimate of drug-likeness (QED) is 0.890. The van der Waals surface area contributed by atoms with Crippen LogP contribution in [0.5, 0.6) is 0 Å². The molecule has 0 fully saturated rings. The number of nitrogens with one attached hydrogen (secondary N) is 1. The van der Waals surface area contributed by atoms with E-state index >= 15 is 0 Å². The van der Waals surface area contributed by atoms with Crippen LogP contribution in [0.25, 0.3) is 0 Å². The molecule has 0 spiro atoms. The molecule has 1 heterocycles. The summed E-state index contributed by atoms with van der Waals surface area (Å²) in [4.78, 5) is 11.9. The number of hydrogen-bond acceptors (Lipinski definition) is 3. The maximum absolute atomic E-state index is 11.9. The molecule has 2 rings (SSSR count).